The fourth-order valence-corrected chi connectivity index (χ4v) is 3.65. The maximum Gasteiger partial charge on any atom is 0.272 e. The first-order valence-corrected chi connectivity index (χ1v) is 7.79. The van der Waals surface area contributed by atoms with Crippen LogP contribution in [0.2, 0.25) is 0 Å². The molecule has 114 valence electrons. The summed E-state index contributed by atoms with van der Waals surface area (Å²) in [5, 5.41) is 10.6. The highest BCUT2D eigenvalue weighted by molar-refractivity contribution is 5.92. The summed E-state index contributed by atoms with van der Waals surface area (Å²) < 4.78 is 0. The van der Waals surface area contributed by atoms with Gasteiger partial charge in [-0.05, 0) is 50.9 Å². The summed E-state index contributed by atoms with van der Waals surface area (Å²) in [6, 6.07) is 5.43. The number of amides is 1. The number of pyridine rings is 1. The van der Waals surface area contributed by atoms with Crippen molar-refractivity contribution >= 4 is 5.91 Å². The van der Waals surface area contributed by atoms with Crippen molar-refractivity contribution in [3.63, 3.8) is 0 Å². The lowest BCUT2D eigenvalue weighted by molar-refractivity contribution is 0.0293. The zero-order chi connectivity index (χ0) is 14.8. The van der Waals surface area contributed by atoms with E-state index in [9.17, 15) is 9.90 Å². The SMILES string of the molecule is CN(C(=O)c1ccccn1)[C@@H]1CC[C@@H](N2CCCC2)[C@@H]1O. The normalized spacial score (nSPS) is 29.7. The Balaban J connectivity index is 1.68. The second-order valence-corrected chi connectivity index (χ2v) is 6.08. The standard InChI is InChI=1S/C16H23N3O2/c1-18(16(21)12-6-2-3-9-17-12)13-7-8-14(15(13)20)19-10-4-5-11-19/h2-3,6,9,13-15,20H,4-5,7-8,10-11H2,1H3/t13-,14-,15-/m1/s1. The van der Waals surface area contributed by atoms with Crippen molar-refractivity contribution in [3.8, 4) is 0 Å². The molecule has 1 aromatic heterocycles. The van der Waals surface area contributed by atoms with Gasteiger partial charge >= 0.3 is 0 Å². The summed E-state index contributed by atoms with van der Waals surface area (Å²) in [4.78, 5) is 20.6. The van der Waals surface area contributed by atoms with E-state index in [0.29, 0.717) is 5.69 Å². The molecule has 1 amide bonds. The molecule has 1 saturated heterocycles. The Kier molecular flexibility index (Phi) is 4.22. The smallest absolute Gasteiger partial charge is 0.272 e. The van der Waals surface area contributed by atoms with Crippen molar-refractivity contribution in [2.75, 3.05) is 20.1 Å². The number of rotatable bonds is 3. The van der Waals surface area contributed by atoms with E-state index in [1.807, 2.05) is 6.07 Å². The van der Waals surface area contributed by atoms with Gasteiger partial charge in [-0.25, -0.2) is 0 Å². The van der Waals surface area contributed by atoms with Crippen molar-refractivity contribution < 1.29 is 9.90 Å². The molecule has 2 fully saturated rings. The number of likely N-dealkylation sites (N-methyl/N-ethyl adjacent to an activating group) is 1. The van der Waals surface area contributed by atoms with Gasteiger partial charge in [0.25, 0.3) is 5.91 Å². The van der Waals surface area contributed by atoms with E-state index < -0.39 is 6.10 Å². The van der Waals surface area contributed by atoms with Crippen LogP contribution in [0.3, 0.4) is 0 Å². The Labute approximate surface area is 125 Å². The second kappa shape index (κ2) is 6.12. The highest BCUT2D eigenvalue weighted by Gasteiger charge is 2.42. The highest BCUT2D eigenvalue weighted by Crippen LogP contribution is 2.30. The van der Waals surface area contributed by atoms with Crippen LogP contribution in [0.25, 0.3) is 0 Å². The first-order chi connectivity index (χ1) is 10.2. The van der Waals surface area contributed by atoms with Gasteiger partial charge in [0, 0.05) is 19.3 Å². The predicted octanol–water partition coefficient (Wildman–Crippen LogP) is 1.14. The quantitative estimate of drug-likeness (QED) is 0.906. The van der Waals surface area contributed by atoms with E-state index in [0.717, 1.165) is 25.9 Å². The molecular weight excluding hydrogens is 266 g/mol. The zero-order valence-electron chi connectivity index (χ0n) is 12.5. The molecule has 1 N–H and O–H groups in total. The highest BCUT2D eigenvalue weighted by atomic mass is 16.3. The third-order valence-electron chi connectivity index (χ3n) is 4.86. The van der Waals surface area contributed by atoms with Gasteiger partial charge in [-0.2, -0.15) is 0 Å². The third-order valence-corrected chi connectivity index (χ3v) is 4.86. The van der Waals surface area contributed by atoms with Crippen LogP contribution >= 0.6 is 0 Å². The maximum absolute atomic E-state index is 12.4. The van der Waals surface area contributed by atoms with Crippen LogP contribution in [0, 0.1) is 0 Å². The molecule has 5 heteroatoms. The molecule has 21 heavy (non-hydrogen) atoms. The molecule has 5 nitrogen and oxygen atoms in total. The van der Waals surface area contributed by atoms with Crippen molar-refractivity contribution in [1.29, 1.82) is 0 Å². The number of aliphatic hydroxyl groups excluding tert-OH is 1. The lowest BCUT2D eigenvalue weighted by Crippen LogP contribution is -2.48. The van der Waals surface area contributed by atoms with Gasteiger partial charge in [0.1, 0.15) is 5.69 Å². The fraction of sp³-hybridized carbons (Fsp3) is 0.625. The average molecular weight is 289 g/mol. The molecule has 0 unspecified atom stereocenters. The van der Waals surface area contributed by atoms with Crippen LogP contribution in [-0.2, 0) is 0 Å². The van der Waals surface area contributed by atoms with Gasteiger partial charge in [-0.15, -0.1) is 0 Å². The minimum atomic E-state index is -0.458. The van der Waals surface area contributed by atoms with Gasteiger partial charge in [-0.1, -0.05) is 6.07 Å². The van der Waals surface area contributed by atoms with E-state index in [2.05, 4.69) is 9.88 Å². The van der Waals surface area contributed by atoms with Crippen molar-refractivity contribution in [1.82, 2.24) is 14.8 Å². The lowest BCUT2D eigenvalue weighted by atomic mass is 10.1. The lowest BCUT2D eigenvalue weighted by Gasteiger charge is -2.31. The Morgan fingerprint density at radius 3 is 2.76 bits per heavy atom. The van der Waals surface area contributed by atoms with Crippen molar-refractivity contribution in [3.05, 3.63) is 30.1 Å². The predicted molar refractivity (Wildman–Crippen MR) is 80.0 cm³/mol. The Morgan fingerprint density at radius 1 is 1.33 bits per heavy atom. The Bertz CT molecular complexity index is 488. The minimum Gasteiger partial charge on any atom is -0.389 e. The summed E-state index contributed by atoms with van der Waals surface area (Å²) in [6.45, 7) is 2.15. The van der Waals surface area contributed by atoms with E-state index in [1.165, 1.54) is 12.8 Å². The molecule has 0 aromatic carbocycles. The molecule has 1 aromatic rings. The molecule has 0 spiro atoms. The summed E-state index contributed by atoms with van der Waals surface area (Å²) in [7, 11) is 1.78. The largest absolute Gasteiger partial charge is 0.389 e. The van der Waals surface area contributed by atoms with Crippen LogP contribution in [0.15, 0.2) is 24.4 Å². The van der Waals surface area contributed by atoms with Gasteiger partial charge < -0.3 is 10.0 Å². The number of hydrogen-bond donors (Lipinski definition) is 1. The first kappa shape index (κ1) is 14.5. The summed E-state index contributed by atoms with van der Waals surface area (Å²) in [5.74, 6) is -0.110. The maximum atomic E-state index is 12.4. The molecular formula is C16H23N3O2. The Morgan fingerprint density at radius 2 is 2.10 bits per heavy atom. The molecule has 1 aliphatic carbocycles. The number of aromatic nitrogens is 1. The molecule has 3 atom stereocenters. The zero-order valence-corrected chi connectivity index (χ0v) is 12.5. The number of carbonyl (C=O) groups excluding carboxylic acids is 1. The minimum absolute atomic E-state index is 0.106. The van der Waals surface area contributed by atoms with E-state index in [-0.39, 0.29) is 18.0 Å². The molecule has 2 heterocycles. The first-order valence-electron chi connectivity index (χ1n) is 7.79. The van der Waals surface area contributed by atoms with Gasteiger partial charge in [0.15, 0.2) is 0 Å². The van der Waals surface area contributed by atoms with E-state index >= 15 is 0 Å². The molecule has 3 rings (SSSR count). The number of nitrogens with zero attached hydrogens (tertiary/aromatic N) is 3. The monoisotopic (exact) mass is 289 g/mol. The summed E-state index contributed by atoms with van der Waals surface area (Å²) in [6.07, 6.45) is 5.43. The van der Waals surface area contributed by atoms with Crippen LogP contribution in [0.4, 0.5) is 0 Å². The molecule has 0 bridgehead atoms. The third kappa shape index (κ3) is 2.80. The average Bonchev–Trinajstić information content (AvgIpc) is 3.16. The second-order valence-electron chi connectivity index (χ2n) is 6.08. The molecule has 0 radical (unpaired) electrons. The number of carbonyl (C=O) groups is 1. The fourth-order valence-electron chi connectivity index (χ4n) is 3.65. The van der Waals surface area contributed by atoms with Crippen molar-refractivity contribution in [2.24, 2.45) is 0 Å². The molecule has 1 aliphatic heterocycles. The van der Waals surface area contributed by atoms with Gasteiger partial charge in [0.05, 0.1) is 12.1 Å². The number of likely N-dealkylation sites (tertiary alicyclic amines) is 1. The van der Waals surface area contributed by atoms with E-state index in [1.54, 1.807) is 30.3 Å². The summed E-state index contributed by atoms with van der Waals surface area (Å²) in [5.41, 5.74) is 0.442. The Hall–Kier alpha value is -1.46. The number of hydrogen-bond acceptors (Lipinski definition) is 4. The van der Waals surface area contributed by atoms with Crippen molar-refractivity contribution in [2.45, 2.75) is 43.9 Å². The van der Waals surface area contributed by atoms with Crippen LogP contribution < -0.4 is 0 Å². The summed E-state index contributed by atoms with van der Waals surface area (Å²) >= 11 is 0. The topological polar surface area (TPSA) is 56.7 Å². The molecule has 1 saturated carbocycles. The van der Waals surface area contributed by atoms with Crippen LogP contribution in [0.5, 0.6) is 0 Å². The van der Waals surface area contributed by atoms with Gasteiger partial charge in [0.2, 0.25) is 0 Å². The number of aliphatic hydroxyl groups is 1. The van der Waals surface area contributed by atoms with Crippen LogP contribution in [-0.4, -0.2) is 64.1 Å². The van der Waals surface area contributed by atoms with Crippen LogP contribution in [0.1, 0.15) is 36.2 Å². The van der Waals surface area contributed by atoms with Gasteiger partial charge in [-0.3, -0.25) is 14.7 Å². The molecule has 2 aliphatic rings. The van der Waals surface area contributed by atoms with E-state index in [4.69, 9.17) is 0 Å².